The molecule has 10 heteroatoms. The van der Waals surface area contributed by atoms with Gasteiger partial charge in [0, 0.05) is 25.7 Å². The molecule has 116 valence electrons. The lowest BCUT2D eigenvalue weighted by Crippen LogP contribution is -2.48. The molecule has 1 heterocycles. The van der Waals surface area contributed by atoms with E-state index in [9.17, 15) is 18.5 Å². The van der Waals surface area contributed by atoms with Crippen molar-refractivity contribution >= 4 is 27.3 Å². The van der Waals surface area contributed by atoms with Gasteiger partial charge in [0.2, 0.25) is 10.0 Å². The number of hydrogen-bond acceptors (Lipinski definition) is 6. The summed E-state index contributed by atoms with van der Waals surface area (Å²) in [6.45, 7) is 0.730. The molecule has 1 aromatic carbocycles. The fourth-order valence-corrected chi connectivity index (χ4v) is 3.66. The second kappa shape index (κ2) is 6.24. The lowest BCUT2D eigenvalue weighted by atomic mass is 10.3. The fourth-order valence-electron chi connectivity index (χ4n) is 2.00. The Morgan fingerprint density at radius 3 is 2.86 bits per heavy atom. The van der Waals surface area contributed by atoms with Crippen LogP contribution in [0, 0.1) is 10.1 Å². The molecule has 1 saturated heterocycles. The van der Waals surface area contributed by atoms with Gasteiger partial charge in [0.15, 0.2) is 0 Å². The van der Waals surface area contributed by atoms with E-state index in [1.165, 1.54) is 16.4 Å². The standard InChI is InChI=1S/C11H14ClN3O5S/c12-10-2-1-9(5-11(10)15(16)17)21(18,19)14-3-4-20-8(6-13)7-14/h1-2,5,8H,3-4,6-7,13H2. The highest BCUT2D eigenvalue weighted by Crippen LogP contribution is 2.29. The van der Waals surface area contributed by atoms with Crippen molar-refractivity contribution in [3.8, 4) is 0 Å². The number of benzene rings is 1. The molecule has 0 radical (unpaired) electrons. The number of nitrogens with zero attached hydrogens (tertiary/aromatic N) is 2. The first-order valence-electron chi connectivity index (χ1n) is 6.12. The highest BCUT2D eigenvalue weighted by atomic mass is 35.5. The number of morpholine rings is 1. The minimum absolute atomic E-state index is 0.110. The summed E-state index contributed by atoms with van der Waals surface area (Å²) in [5, 5.41) is 10.7. The van der Waals surface area contributed by atoms with Gasteiger partial charge >= 0.3 is 0 Å². The monoisotopic (exact) mass is 335 g/mol. The average Bonchev–Trinajstić information content (AvgIpc) is 2.47. The van der Waals surface area contributed by atoms with Crippen molar-refractivity contribution in [3.63, 3.8) is 0 Å². The number of nitro groups is 1. The van der Waals surface area contributed by atoms with Crippen molar-refractivity contribution in [2.75, 3.05) is 26.2 Å². The molecule has 0 saturated carbocycles. The van der Waals surface area contributed by atoms with Gasteiger partial charge in [-0.2, -0.15) is 4.31 Å². The van der Waals surface area contributed by atoms with Crippen LogP contribution in [0.25, 0.3) is 0 Å². The van der Waals surface area contributed by atoms with Crippen LogP contribution in [0.1, 0.15) is 0 Å². The van der Waals surface area contributed by atoms with Crippen LogP contribution in [0.3, 0.4) is 0 Å². The van der Waals surface area contributed by atoms with Crippen molar-refractivity contribution in [1.82, 2.24) is 4.31 Å². The van der Waals surface area contributed by atoms with Gasteiger partial charge in [0.25, 0.3) is 5.69 Å². The number of nitro benzene ring substituents is 1. The largest absolute Gasteiger partial charge is 0.374 e. The molecule has 1 aromatic rings. The zero-order chi connectivity index (χ0) is 15.6. The van der Waals surface area contributed by atoms with Gasteiger partial charge in [-0.3, -0.25) is 10.1 Å². The minimum atomic E-state index is -3.84. The summed E-state index contributed by atoms with van der Waals surface area (Å²) in [4.78, 5) is 9.96. The van der Waals surface area contributed by atoms with Gasteiger partial charge in [-0.15, -0.1) is 0 Å². The molecule has 1 aliphatic heterocycles. The molecule has 8 nitrogen and oxygen atoms in total. The quantitative estimate of drug-likeness (QED) is 0.636. The van der Waals surface area contributed by atoms with Crippen LogP contribution in [-0.4, -0.2) is 50.0 Å². The molecule has 2 N–H and O–H groups in total. The van der Waals surface area contributed by atoms with Crippen LogP contribution >= 0.6 is 11.6 Å². The Morgan fingerprint density at radius 1 is 1.52 bits per heavy atom. The first-order valence-corrected chi connectivity index (χ1v) is 7.94. The normalized spacial score (nSPS) is 20.4. The average molecular weight is 336 g/mol. The fraction of sp³-hybridized carbons (Fsp3) is 0.455. The molecule has 1 fully saturated rings. The summed E-state index contributed by atoms with van der Waals surface area (Å²) >= 11 is 5.69. The molecule has 1 aliphatic rings. The first kappa shape index (κ1) is 16.1. The van der Waals surface area contributed by atoms with E-state index in [1.807, 2.05) is 0 Å². The van der Waals surface area contributed by atoms with E-state index in [4.69, 9.17) is 22.1 Å². The van der Waals surface area contributed by atoms with E-state index >= 15 is 0 Å². The maximum atomic E-state index is 12.5. The van der Waals surface area contributed by atoms with Gasteiger partial charge in [0.05, 0.1) is 22.5 Å². The SMILES string of the molecule is NCC1CN(S(=O)(=O)c2ccc(Cl)c([N+](=O)[O-])c2)CCO1. The molecule has 0 amide bonds. The Bertz CT molecular complexity index is 651. The third-order valence-corrected chi connectivity index (χ3v) is 5.30. The van der Waals surface area contributed by atoms with Crippen LogP contribution in [0.5, 0.6) is 0 Å². The predicted molar refractivity (Wildman–Crippen MR) is 75.7 cm³/mol. The second-order valence-electron chi connectivity index (χ2n) is 4.46. The van der Waals surface area contributed by atoms with Crippen LogP contribution in [0.15, 0.2) is 23.1 Å². The number of sulfonamides is 1. The summed E-state index contributed by atoms with van der Waals surface area (Å²) < 4.78 is 31.5. The lowest BCUT2D eigenvalue weighted by Gasteiger charge is -2.31. The highest BCUT2D eigenvalue weighted by molar-refractivity contribution is 7.89. The Hall–Kier alpha value is -1.26. The number of rotatable bonds is 4. The van der Waals surface area contributed by atoms with Crippen molar-refractivity contribution in [2.45, 2.75) is 11.0 Å². The lowest BCUT2D eigenvalue weighted by molar-refractivity contribution is -0.384. The van der Waals surface area contributed by atoms with Crippen molar-refractivity contribution in [1.29, 1.82) is 0 Å². The number of nitrogens with two attached hydrogens (primary N) is 1. The second-order valence-corrected chi connectivity index (χ2v) is 6.81. The molecule has 0 spiro atoms. The van der Waals surface area contributed by atoms with E-state index in [0.29, 0.717) is 0 Å². The Labute approximate surface area is 126 Å². The molecule has 0 aromatic heterocycles. The van der Waals surface area contributed by atoms with Crippen LogP contribution in [0.2, 0.25) is 5.02 Å². The van der Waals surface area contributed by atoms with Crippen molar-refractivity contribution in [3.05, 3.63) is 33.3 Å². The maximum Gasteiger partial charge on any atom is 0.289 e. The zero-order valence-corrected chi connectivity index (χ0v) is 12.5. The number of ether oxygens (including phenoxy) is 1. The molecule has 2 rings (SSSR count). The number of halogens is 1. The molecule has 1 unspecified atom stereocenters. The number of hydrogen-bond donors (Lipinski definition) is 1. The summed E-state index contributed by atoms with van der Waals surface area (Å²) in [5.74, 6) is 0. The maximum absolute atomic E-state index is 12.5. The van der Waals surface area contributed by atoms with Crippen molar-refractivity contribution < 1.29 is 18.1 Å². The van der Waals surface area contributed by atoms with Gasteiger partial charge in [-0.1, -0.05) is 11.6 Å². The van der Waals surface area contributed by atoms with Gasteiger partial charge < -0.3 is 10.5 Å². The van der Waals surface area contributed by atoms with E-state index in [2.05, 4.69) is 0 Å². The predicted octanol–water partition coefficient (Wildman–Crippen LogP) is 0.596. The van der Waals surface area contributed by atoms with Crippen LogP contribution < -0.4 is 5.73 Å². The minimum Gasteiger partial charge on any atom is -0.374 e. The molecule has 21 heavy (non-hydrogen) atoms. The van der Waals surface area contributed by atoms with E-state index in [1.54, 1.807) is 0 Å². The molecule has 0 aliphatic carbocycles. The first-order chi connectivity index (χ1) is 9.86. The van der Waals surface area contributed by atoms with E-state index in [0.717, 1.165) is 6.07 Å². The van der Waals surface area contributed by atoms with Crippen LogP contribution in [0.4, 0.5) is 5.69 Å². The van der Waals surface area contributed by atoms with Crippen molar-refractivity contribution in [2.24, 2.45) is 5.73 Å². The summed E-state index contributed by atoms with van der Waals surface area (Å²) in [5.41, 5.74) is 5.03. The Balaban J connectivity index is 2.35. The Kier molecular flexibility index (Phi) is 4.79. The third kappa shape index (κ3) is 3.33. The topological polar surface area (TPSA) is 116 Å². The van der Waals surface area contributed by atoms with Gasteiger partial charge in [-0.25, -0.2) is 8.42 Å². The zero-order valence-electron chi connectivity index (χ0n) is 10.9. The van der Waals surface area contributed by atoms with Gasteiger partial charge in [0.1, 0.15) is 5.02 Å². The van der Waals surface area contributed by atoms with E-state index < -0.39 is 20.6 Å². The van der Waals surface area contributed by atoms with E-state index in [-0.39, 0.29) is 42.3 Å². The summed E-state index contributed by atoms with van der Waals surface area (Å²) in [7, 11) is -3.84. The molecule has 0 bridgehead atoms. The van der Waals surface area contributed by atoms with Crippen LogP contribution in [-0.2, 0) is 14.8 Å². The molecular formula is C11H14ClN3O5S. The highest BCUT2D eigenvalue weighted by Gasteiger charge is 2.31. The Morgan fingerprint density at radius 2 is 2.24 bits per heavy atom. The summed E-state index contributed by atoms with van der Waals surface area (Å²) in [6, 6.07) is 3.41. The van der Waals surface area contributed by atoms with Gasteiger partial charge in [-0.05, 0) is 12.1 Å². The summed E-state index contributed by atoms with van der Waals surface area (Å²) in [6.07, 6.45) is -0.379. The molecular weight excluding hydrogens is 322 g/mol. The molecule has 1 atom stereocenters. The third-order valence-electron chi connectivity index (χ3n) is 3.12. The smallest absolute Gasteiger partial charge is 0.289 e.